The molecule has 1 heterocycles. The van der Waals surface area contributed by atoms with Crippen molar-refractivity contribution in [3.63, 3.8) is 0 Å². The Morgan fingerprint density at radius 1 is 0.426 bits per heavy atom. The van der Waals surface area contributed by atoms with Crippen molar-refractivity contribution < 1.29 is 14.3 Å². The average molecular weight is 611 g/mol. The second-order valence-electron chi connectivity index (χ2n) is 11.6. The zero-order valence-corrected chi connectivity index (χ0v) is 24.6. The topological polar surface area (TPSA) is 99.4 Å². The SMILES string of the molecule is O=[N+]([O-])c1c2ccccc2c(-c2ccc3oc4c(-c5c6ccccc6c([N+](=O)[O-])c6ccccc56)cccc4c3c2)c2ccccc12. The number of para-hydroxylation sites is 1. The largest absolute Gasteiger partial charge is 0.455 e. The Labute approximate surface area is 266 Å². The molecule has 7 nitrogen and oxygen atoms in total. The first-order valence-corrected chi connectivity index (χ1v) is 15.1. The van der Waals surface area contributed by atoms with Crippen LogP contribution in [-0.2, 0) is 0 Å². The fourth-order valence-corrected chi connectivity index (χ4v) is 7.36. The predicted octanol–water partition coefficient (Wildman–Crippen LogP) is 11.3. The third-order valence-electron chi connectivity index (χ3n) is 9.23. The molecule has 47 heavy (non-hydrogen) atoms. The van der Waals surface area contributed by atoms with Gasteiger partial charge in [0.2, 0.25) is 0 Å². The van der Waals surface area contributed by atoms with Crippen LogP contribution in [-0.4, -0.2) is 9.85 Å². The summed E-state index contributed by atoms with van der Waals surface area (Å²) >= 11 is 0. The Bertz CT molecular complexity index is 2700. The van der Waals surface area contributed by atoms with Gasteiger partial charge < -0.3 is 4.42 Å². The van der Waals surface area contributed by atoms with Gasteiger partial charge in [-0.1, -0.05) is 97.1 Å². The van der Waals surface area contributed by atoms with Crippen LogP contribution in [0.25, 0.3) is 87.3 Å². The van der Waals surface area contributed by atoms with Crippen molar-refractivity contribution in [2.45, 2.75) is 0 Å². The minimum atomic E-state index is -0.302. The van der Waals surface area contributed by atoms with E-state index in [0.717, 1.165) is 54.6 Å². The maximum absolute atomic E-state index is 12.3. The van der Waals surface area contributed by atoms with Gasteiger partial charge in [0, 0.05) is 21.9 Å². The monoisotopic (exact) mass is 610 g/mol. The normalized spacial score (nSPS) is 11.7. The molecule has 7 heteroatoms. The minimum Gasteiger partial charge on any atom is -0.455 e. The van der Waals surface area contributed by atoms with Crippen molar-refractivity contribution in [3.8, 4) is 22.3 Å². The van der Waals surface area contributed by atoms with E-state index in [4.69, 9.17) is 4.42 Å². The quantitative estimate of drug-likeness (QED) is 0.112. The molecule has 0 aliphatic carbocycles. The maximum atomic E-state index is 12.3. The summed E-state index contributed by atoms with van der Waals surface area (Å²) in [5, 5.41) is 31.9. The molecule has 222 valence electrons. The van der Waals surface area contributed by atoms with Crippen molar-refractivity contribution in [2.24, 2.45) is 0 Å². The van der Waals surface area contributed by atoms with Crippen LogP contribution in [0.1, 0.15) is 0 Å². The molecule has 0 unspecified atom stereocenters. The summed E-state index contributed by atoms with van der Waals surface area (Å²) in [6.07, 6.45) is 0. The lowest BCUT2D eigenvalue weighted by Crippen LogP contribution is -1.94. The molecular formula is C40H22N2O5. The summed E-state index contributed by atoms with van der Waals surface area (Å²) in [6.45, 7) is 0. The lowest BCUT2D eigenvalue weighted by atomic mass is 9.89. The molecule has 0 spiro atoms. The van der Waals surface area contributed by atoms with E-state index in [1.165, 1.54) is 0 Å². The number of nitro benzene ring substituents is 2. The third-order valence-corrected chi connectivity index (χ3v) is 9.23. The lowest BCUT2D eigenvalue weighted by molar-refractivity contribution is -0.381. The second-order valence-corrected chi connectivity index (χ2v) is 11.6. The average Bonchev–Trinajstić information content (AvgIpc) is 3.47. The molecule has 0 N–H and O–H groups in total. The molecule has 1 aromatic heterocycles. The van der Waals surface area contributed by atoms with Crippen LogP contribution in [0, 0.1) is 20.2 Å². The Balaban J connectivity index is 1.36. The molecule has 0 bridgehead atoms. The third kappa shape index (κ3) is 3.80. The highest BCUT2D eigenvalue weighted by atomic mass is 16.6. The van der Waals surface area contributed by atoms with Crippen LogP contribution >= 0.6 is 0 Å². The van der Waals surface area contributed by atoms with Crippen LogP contribution in [0.2, 0.25) is 0 Å². The summed E-state index contributed by atoms with van der Waals surface area (Å²) in [4.78, 5) is 24.0. The van der Waals surface area contributed by atoms with Gasteiger partial charge >= 0.3 is 0 Å². The Morgan fingerprint density at radius 3 is 1.32 bits per heavy atom. The smallest absolute Gasteiger partial charge is 0.284 e. The fraction of sp³-hybridized carbons (Fsp3) is 0. The molecule has 0 aliphatic rings. The van der Waals surface area contributed by atoms with Gasteiger partial charge in [-0.3, -0.25) is 20.2 Å². The van der Waals surface area contributed by atoms with Crippen LogP contribution in [0.5, 0.6) is 0 Å². The highest BCUT2D eigenvalue weighted by Gasteiger charge is 2.25. The number of fused-ring (bicyclic) bond motifs is 7. The maximum Gasteiger partial charge on any atom is 0.284 e. The van der Waals surface area contributed by atoms with E-state index < -0.39 is 0 Å². The minimum absolute atomic E-state index is 0.0870. The van der Waals surface area contributed by atoms with Crippen molar-refractivity contribution in [3.05, 3.63) is 154 Å². The number of hydrogen-bond acceptors (Lipinski definition) is 5. The van der Waals surface area contributed by atoms with Crippen LogP contribution in [0.15, 0.2) is 138 Å². The van der Waals surface area contributed by atoms with Gasteiger partial charge in [0.15, 0.2) is 0 Å². The first kappa shape index (κ1) is 26.8. The molecule has 0 saturated heterocycles. The van der Waals surface area contributed by atoms with Gasteiger partial charge in [-0.15, -0.1) is 0 Å². The van der Waals surface area contributed by atoms with Crippen LogP contribution in [0.3, 0.4) is 0 Å². The van der Waals surface area contributed by atoms with Crippen molar-refractivity contribution in [1.29, 1.82) is 0 Å². The molecule has 0 amide bonds. The van der Waals surface area contributed by atoms with Gasteiger partial charge in [-0.25, -0.2) is 0 Å². The zero-order valence-electron chi connectivity index (χ0n) is 24.6. The molecule has 9 rings (SSSR count). The highest BCUT2D eigenvalue weighted by Crippen LogP contribution is 2.47. The van der Waals surface area contributed by atoms with E-state index >= 15 is 0 Å². The van der Waals surface area contributed by atoms with E-state index in [1.807, 2.05) is 103 Å². The molecule has 8 aromatic carbocycles. The van der Waals surface area contributed by atoms with Crippen LogP contribution in [0.4, 0.5) is 11.4 Å². The summed E-state index contributed by atoms with van der Waals surface area (Å²) in [5.74, 6) is 0. The fourth-order valence-electron chi connectivity index (χ4n) is 7.36. The molecule has 0 fully saturated rings. The lowest BCUT2D eigenvalue weighted by Gasteiger charge is -2.13. The number of benzene rings is 8. The first-order valence-electron chi connectivity index (χ1n) is 15.1. The van der Waals surface area contributed by atoms with Gasteiger partial charge in [0.1, 0.15) is 11.2 Å². The standard InChI is InChI=1S/C40H22N2O5/c43-41(44)38-28-14-5-1-10-24(28)36(25-11-2-6-15-29(25)38)23-20-21-35-34(22-23)32-18-9-19-33(40(32)47-35)37-26-12-3-7-16-30(26)39(42(45)46)31-17-8-4-13-27(31)37/h1-22H. The molecule has 0 atom stereocenters. The summed E-state index contributed by atoms with van der Waals surface area (Å²) in [6, 6.07) is 41.9. The van der Waals surface area contributed by atoms with Crippen molar-refractivity contribution in [2.75, 3.05) is 0 Å². The number of furan rings is 1. The van der Waals surface area contributed by atoms with Gasteiger partial charge in [0.05, 0.1) is 31.4 Å². The summed E-state index contributed by atoms with van der Waals surface area (Å²) in [7, 11) is 0. The molecule has 9 aromatic rings. The van der Waals surface area contributed by atoms with E-state index in [9.17, 15) is 20.2 Å². The van der Waals surface area contributed by atoms with Gasteiger partial charge in [-0.2, -0.15) is 0 Å². The molecule has 0 aliphatic heterocycles. The molecular weight excluding hydrogens is 588 g/mol. The second kappa shape index (κ2) is 9.95. The highest BCUT2D eigenvalue weighted by molar-refractivity contribution is 6.23. The first-order chi connectivity index (χ1) is 23.0. The molecule has 0 radical (unpaired) electrons. The van der Waals surface area contributed by atoms with E-state index in [-0.39, 0.29) is 21.2 Å². The number of hydrogen-bond donors (Lipinski definition) is 0. The Kier molecular flexibility index (Phi) is 5.67. The summed E-state index contributed by atoms with van der Waals surface area (Å²) in [5.41, 5.74) is 5.11. The van der Waals surface area contributed by atoms with E-state index in [1.54, 1.807) is 24.3 Å². The van der Waals surface area contributed by atoms with E-state index in [2.05, 4.69) is 6.07 Å². The number of nitrogens with zero attached hydrogens (tertiary/aromatic N) is 2. The predicted molar refractivity (Wildman–Crippen MR) is 188 cm³/mol. The number of rotatable bonds is 4. The van der Waals surface area contributed by atoms with Gasteiger partial charge in [0.25, 0.3) is 11.4 Å². The molecule has 0 saturated carbocycles. The van der Waals surface area contributed by atoms with Gasteiger partial charge in [-0.05, 0) is 69.1 Å². The summed E-state index contributed by atoms with van der Waals surface area (Å²) < 4.78 is 6.61. The Hall–Kier alpha value is -6.60. The Morgan fingerprint density at radius 2 is 0.851 bits per heavy atom. The van der Waals surface area contributed by atoms with Crippen molar-refractivity contribution in [1.82, 2.24) is 0 Å². The number of nitro groups is 2. The zero-order chi connectivity index (χ0) is 31.8. The van der Waals surface area contributed by atoms with Crippen molar-refractivity contribution >= 4 is 76.4 Å². The van der Waals surface area contributed by atoms with E-state index in [0.29, 0.717) is 32.7 Å². The number of non-ortho nitro benzene ring substituents is 2. The van der Waals surface area contributed by atoms with Crippen LogP contribution < -0.4 is 0 Å².